The number of nitrogens with one attached hydrogen (secondary N) is 2. The van der Waals surface area contributed by atoms with E-state index in [1.165, 1.54) is 12.1 Å². The highest BCUT2D eigenvalue weighted by atomic mass is 19.1. The van der Waals surface area contributed by atoms with Crippen LogP contribution in [0.4, 0.5) is 10.3 Å². The number of anilines is 1. The van der Waals surface area contributed by atoms with Crippen LogP contribution in [0.25, 0.3) is 22.5 Å². The summed E-state index contributed by atoms with van der Waals surface area (Å²) in [6.07, 6.45) is 1.75. The molecule has 134 valence electrons. The highest BCUT2D eigenvalue weighted by Gasteiger charge is 2.23. The van der Waals surface area contributed by atoms with Crippen molar-refractivity contribution in [2.24, 2.45) is 0 Å². The van der Waals surface area contributed by atoms with E-state index >= 15 is 0 Å². The van der Waals surface area contributed by atoms with E-state index < -0.39 is 0 Å². The summed E-state index contributed by atoms with van der Waals surface area (Å²) >= 11 is 0. The maximum Gasteiger partial charge on any atom is 0.223 e. The van der Waals surface area contributed by atoms with Crippen LogP contribution in [0.1, 0.15) is 19.5 Å². The smallest absolute Gasteiger partial charge is 0.223 e. The third-order valence-electron chi connectivity index (χ3n) is 4.30. The minimum atomic E-state index is -0.258. The summed E-state index contributed by atoms with van der Waals surface area (Å²) in [7, 11) is 0. The lowest BCUT2D eigenvalue weighted by Crippen LogP contribution is -2.28. The lowest BCUT2D eigenvalue weighted by atomic mass is 10.0. The van der Waals surface area contributed by atoms with E-state index in [-0.39, 0.29) is 11.9 Å². The molecule has 3 heterocycles. The second-order valence-corrected chi connectivity index (χ2v) is 6.64. The Morgan fingerprint density at radius 1 is 1.19 bits per heavy atom. The van der Waals surface area contributed by atoms with E-state index in [1.807, 2.05) is 24.6 Å². The first-order chi connectivity index (χ1) is 12.6. The third-order valence-corrected chi connectivity index (χ3v) is 4.30. The van der Waals surface area contributed by atoms with Crippen LogP contribution >= 0.6 is 0 Å². The van der Waals surface area contributed by atoms with Crippen LogP contribution in [0.2, 0.25) is 0 Å². The standard InChI is InChI=1S/C19H21FN6/c1-12(2)23-19-22-8-7-15(24-19)17-16-11-21-9-10-26(16)25-18(17)13-3-5-14(20)6-4-13/h3-8,12,21H,9-11H2,1-2H3,(H,22,23,24). The van der Waals surface area contributed by atoms with Gasteiger partial charge in [0, 0.05) is 30.9 Å². The van der Waals surface area contributed by atoms with Gasteiger partial charge in [0.05, 0.1) is 23.5 Å². The Hall–Kier alpha value is -2.80. The van der Waals surface area contributed by atoms with Gasteiger partial charge in [-0.15, -0.1) is 0 Å². The van der Waals surface area contributed by atoms with Crippen molar-refractivity contribution in [2.75, 3.05) is 11.9 Å². The molecule has 2 aromatic heterocycles. The SMILES string of the molecule is CC(C)Nc1nccc(-c2c(-c3ccc(F)cc3)nn3c2CNCC3)n1. The van der Waals surface area contributed by atoms with Crippen LogP contribution in [-0.4, -0.2) is 32.3 Å². The fourth-order valence-corrected chi connectivity index (χ4v) is 3.16. The number of nitrogens with zero attached hydrogens (tertiary/aromatic N) is 4. The largest absolute Gasteiger partial charge is 0.352 e. The van der Waals surface area contributed by atoms with E-state index in [2.05, 4.69) is 20.6 Å². The minimum Gasteiger partial charge on any atom is -0.352 e. The Bertz CT molecular complexity index is 916. The summed E-state index contributed by atoms with van der Waals surface area (Å²) in [5.41, 5.74) is 4.56. The predicted octanol–water partition coefficient (Wildman–Crippen LogP) is 3.07. The van der Waals surface area contributed by atoms with E-state index in [0.29, 0.717) is 5.95 Å². The zero-order chi connectivity index (χ0) is 18.1. The van der Waals surface area contributed by atoms with Crippen molar-refractivity contribution in [3.05, 3.63) is 48.0 Å². The first-order valence-electron chi connectivity index (χ1n) is 8.78. The topological polar surface area (TPSA) is 67.7 Å². The second-order valence-electron chi connectivity index (χ2n) is 6.64. The normalized spacial score (nSPS) is 13.7. The van der Waals surface area contributed by atoms with E-state index in [1.54, 1.807) is 18.3 Å². The van der Waals surface area contributed by atoms with Crippen LogP contribution in [-0.2, 0) is 13.1 Å². The number of hydrogen-bond donors (Lipinski definition) is 2. The molecule has 0 atom stereocenters. The Morgan fingerprint density at radius 2 is 2.00 bits per heavy atom. The van der Waals surface area contributed by atoms with Crippen molar-refractivity contribution in [3.8, 4) is 22.5 Å². The molecule has 3 aromatic rings. The Morgan fingerprint density at radius 3 is 2.77 bits per heavy atom. The zero-order valence-electron chi connectivity index (χ0n) is 14.8. The lowest BCUT2D eigenvalue weighted by Gasteiger charge is -2.16. The van der Waals surface area contributed by atoms with Gasteiger partial charge in [-0.25, -0.2) is 14.4 Å². The number of benzene rings is 1. The summed E-state index contributed by atoms with van der Waals surface area (Å²) in [4.78, 5) is 8.99. The molecule has 0 bridgehead atoms. The fraction of sp³-hybridized carbons (Fsp3) is 0.316. The average Bonchev–Trinajstić information content (AvgIpc) is 3.01. The van der Waals surface area contributed by atoms with Crippen molar-refractivity contribution in [1.29, 1.82) is 0 Å². The molecule has 4 rings (SSSR count). The van der Waals surface area contributed by atoms with Gasteiger partial charge in [-0.3, -0.25) is 4.68 Å². The van der Waals surface area contributed by atoms with Crippen molar-refractivity contribution in [1.82, 2.24) is 25.1 Å². The molecule has 2 N–H and O–H groups in total. The zero-order valence-corrected chi connectivity index (χ0v) is 14.8. The summed E-state index contributed by atoms with van der Waals surface area (Å²) in [5, 5.41) is 11.4. The molecule has 7 heteroatoms. The van der Waals surface area contributed by atoms with Gasteiger partial charge >= 0.3 is 0 Å². The number of halogens is 1. The van der Waals surface area contributed by atoms with Crippen molar-refractivity contribution in [3.63, 3.8) is 0 Å². The molecular formula is C19H21FN6. The van der Waals surface area contributed by atoms with Crippen LogP contribution in [0.5, 0.6) is 0 Å². The Kier molecular flexibility index (Phi) is 4.38. The van der Waals surface area contributed by atoms with Crippen LogP contribution < -0.4 is 10.6 Å². The lowest BCUT2D eigenvalue weighted by molar-refractivity contribution is 0.477. The van der Waals surface area contributed by atoms with Gasteiger partial charge in [-0.05, 0) is 44.2 Å². The predicted molar refractivity (Wildman–Crippen MR) is 99.1 cm³/mol. The van der Waals surface area contributed by atoms with Crippen molar-refractivity contribution in [2.45, 2.75) is 33.0 Å². The van der Waals surface area contributed by atoms with E-state index in [4.69, 9.17) is 5.10 Å². The summed E-state index contributed by atoms with van der Waals surface area (Å²) in [6.45, 7) is 6.49. The maximum atomic E-state index is 13.4. The molecule has 0 fully saturated rings. The van der Waals surface area contributed by atoms with E-state index in [0.717, 1.165) is 47.8 Å². The quantitative estimate of drug-likeness (QED) is 0.755. The number of rotatable bonds is 4. The maximum absolute atomic E-state index is 13.4. The average molecular weight is 352 g/mol. The summed E-state index contributed by atoms with van der Waals surface area (Å²) < 4.78 is 15.4. The Labute approximate surface area is 151 Å². The molecule has 0 aliphatic carbocycles. The first-order valence-corrected chi connectivity index (χ1v) is 8.78. The summed E-state index contributed by atoms with van der Waals surface area (Å²) in [6, 6.07) is 8.57. The molecule has 1 aliphatic heterocycles. The molecule has 0 saturated heterocycles. The molecule has 6 nitrogen and oxygen atoms in total. The monoisotopic (exact) mass is 352 g/mol. The van der Waals surface area contributed by atoms with Gasteiger partial charge in [0.15, 0.2) is 0 Å². The van der Waals surface area contributed by atoms with Gasteiger partial charge in [-0.1, -0.05) is 0 Å². The third kappa shape index (κ3) is 3.17. The Balaban J connectivity index is 1.86. The van der Waals surface area contributed by atoms with Crippen LogP contribution in [0, 0.1) is 5.82 Å². The van der Waals surface area contributed by atoms with E-state index in [9.17, 15) is 4.39 Å². The number of aromatic nitrogens is 4. The number of fused-ring (bicyclic) bond motifs is 1. The molecule has 0 spiro atoms. The van der Waals surface area contributed by atoms with Crippen molar-refractivity contribution < 1.29 is 4.39 Å². The first kappa shape index (κ1) is 16.7. The van der Waals surface area contributed by atoms with Crippen LogP contribution in [0.3, 0.4) is 0 Å². The van der Waals surface area contributed by atoms with Gasteiger partial charge in [-0.2, -0.15) is 5.10 Å². The second kappa shape index (κ2) is 6.84. The van der Waals surface area contributed by atoms with Gasteiger partial charge < -0.3 is 10.6 Å². The van der Waals surface area contributed by atoms with Gasteiger partial charge in [0.25, 0.3) is 0 Å². The molecule has 0 saturated carbocycles. The number of hydrogen-bond acceptors (Lipinski definition) is 5. The molecule has 1 aliphatic rings. The molecule has 0 radical (unpaired) electrons. The molecule has 0 amide bonds. The molecule has 0 unspecified atom stereocenters. The molecule has 26 heavy (non-hydrogen) atoms. The molecule has 1 aromatic carbocycles. The molecular weight excluding hydrogens is 331 g/mol. The van der Waals surface area contributed by atoms with Crippen molar-refractivity contribution >= 4 is 5.95 Å². The highest BCUT2D eigenvalue weighted by Crippen LogP contribution is 2.34. The summed E-state index contributed by atoms with van der Waals surface area (Å²) in [5.74, 6) is 0.331. The van der Waals surface area contributed by atoms with Gasteiger partial charge in [0.2, 0.25) is 5.95 Å². The highest BCUT2D eigenvalue weighted by molar-refractivity contribution is 5.81. The minimum absolute atomic E-state index is 0.240. The van der Waals surface area contributed by atoms with Crippen LogP contribution in [0.15, 0.2) is 36.5 Å². The van der Waals surface area contributed by atoms with Gasteiger partial charge in [0.1, 0.15) is 11.5 Å². The fourth-order valence-electron chi connectivity index (χ4n) is 3.16.